The molecule has 0 atom stereocenters. The summed E-state index contributed by atoms with van der Waals surface area (Å²) in [6, 6.07) is -8.81. The van der Waals surface area contributed by atoms with Gasteiger partial charge in [0.05, 0.1) is 44.5 Å². The van der Waals surface area contributed by atoms with Crippen molar-refractivity contribution >= 4 is 36.1 Å². The molecule has 0 saturated heterocycles. The van der Waals surface area contributed by atoms with E-state index in [-0.39, 0.29) is 17.4 Å². The van der Waals surface area contributed by atoms with Gasteiger partial charge in [0.1, 0.15) is 6.15 Å². The van der Waals surface area contributed by atoms with Crippen LogP contribution in [0.5, 0.6) is 0 Å². The molecule has 1 aliphatic rings. The number of hydrogen-bond donors (Lipinski definition) is 0. The summed E-state index contributed by atoms with van der Waals surface area (Å²) < 4.78 is 350. The Bertz CT molecular complexity index is 2150. The van der Waals surface area contributed by atoms with Crippen LogP contribution in [0.1, 0.15) is 107 Å². The predicted molar refractivity (Wildman–Crippen MR) is 268 cm³/mol. The molecular formula is C54H58BCrF24O2Si+. The Morgan fingerprint density at radius 2 is 0.410 bits per heavy atom. The van der Waals surface area contributed by atoms with Crippen molar-refractivity contribution in [1.29, 1.82) is 0 Å². The maximum absolute atomic E-state index is 14.2. The van der Waals surface area contributed by atoms with Gasteiger partial charge in [0.15, 0.2) is 0 Å². The Hall–Kier alpha value is -4.07. The Labute approximate surface area is 478 Å². The molecular weight excluding hydrogens is 1230 g/mol. The smallest absolute Gasteiger partial charge is 0.382 e. The molecule has 1 fully saturated rings. The molecule has 0 spiro atoms. The Kier molecular flexibility index (Phi) is 28.1. The number of alkyl halides is 24. The van der Waals surface area contributed by atoms with Crippen molar-refractivity contribution in [3.8, 4) is 0 Å². The van der Waals surface area contributed by atoms with E-state index in [9.17, 15) is 105 Å². The molecule has 1 saturated carbocycles. The van der Waals surface area contributed by atoms with Gasteiger partial charge in [0, 0.05) is 26.4 Å². The molecule has 29 heteroatoms. The third-order valence-electron chi connectivity index (χ3n) is 12.1. The molecule has 83 heavy (non-hydrogen) atoms. The van der Waals surface area contributed by atoms with Gasteiger partial charge in [-0.3, -0.25) is 0 Å². The van der Waals surface area contributed by atoms with Crippen molar-refractivity contribution in [2.24, 2.45) is 0 Å². The number of hydrogen-bond acceptors (Lipinski definition) is 2. The summed E-state index contributed by atoms with van der Waals surface area (Å²) in [7, 11) is -0.861. The zero-order valence-corrected chi connectivity index (χ0v) is 48.6. The first-order valence-corrected chi connectivity index (χ1v) is 27.9. The van der Waals surface area contributed by atoms with Gasteiger partial charge in [0.2, 0.25) is 0 Å². The molecule has 466 valence electrons. The summed E-state index contributed by atoms with van der Waals surface area (Å²) in [4.78, 5) is 0. The zero-order valence-electron chi connectivity index (χ0n) is 46.3. The van der Waals surface area contributed by atoms with E-state index >= 15 is 0 Å². The molecule has 6 radical (unpaired) electrons. The third-order valence-corrected chi connectivity index (χ3v) is 12.1. The maximum Gasteiger partial charge on any atom is 3.00 e. The van der Waals surface area contributed by atoms with Gasteiger partial charge in [-0.15, -0.1) is 8.07 Å². The summed E-state index contributed by atoms with van der Waals surface area (Å²) in [6.07, 6.45) is -54.8. The van der Waals surface area contributed by atoms with Crippen LogP contribution in [0.4, 0.5) is 105 Å². The molecule has 4 aromatic rings. The molecule has 0 heterocycles. The van der Waals surface area contributed by atoms with Crippen LogP contribution < -0.4 is 21.9 Å². The van der Waals surface area contributed by atoms with E-state index in [1.165, 1.54) is 29.6 Å². The van der Waals surface area contributed by atoms with Crippen molar-refractivity contribution in [2.45, 2.75) is 131 Å². The molecule has 2 nitrogen and oxygen atoms in total. The second-order valence-corrected chi connectivity index (χ2v) is 24.6. The fraction of sp³-hybridized carbons (Fsp3) is 0.444. The minimum atomic E-state index is -6.13. The fourth-order valence-electron chi connectivity index (χ4n) is 7.89. The van der Waals surface area contributed by atoms with Crippen LogP contribution in [0.15, 0.2) is 72.8 Å². The number of rotatable bonds is 8. The van der Waals surface area contributed by atoms with Crippen LogP contribution in [0.3, 0.4) is 0 Å². The van der Waals surface area contributed by atoms with Gasteiger partial charge >= 0.3 is 66.8 Å². The fourth-order valence-corrected chi connectivity index (χ4v) is 7.89. The van der Waals surface area contributed by atoms with Gasteiger partial charge in [-0.25, -0.2) is 0 Å². The number of benzene rings is 4. The van der Waals surface area contributed by atoms with Crippen LogP contribution in [-0.2, 0) is 76.2 Å². The Balaban J connectivity index is 0.00000213. The first-order valence-electron chi connectivity index (χ1n) is 24.2. The van der Waals surface area contributed by atoms with E-state index in [0.29, 0.717) is 0 Å². The SMILES string of the molecule is CCOCC.CCOCC.C[C]1[C](C)[C](C)[C](C)[C]1C.FC(F)(F)c1cc([B-](c2cc(C(F)(F)F)cc(C(F)(F)F)c2)(c2cc(C(F)(F)F)cc(C(F)(F)F)c2)c2cc(C(F)(F)F)cc(C(F)(F)F)c2)cc(C(F)(F)F)c1.[CH2-][Si](C)(C)C.[Cr+3]. The van der Waals surface area contributed by atoms with E-state index in [1.807, 2.05) is 27.7 Å². The van der Waals surface area contributed by atoms with E-state index in [4.69, 9.17) is 9.47 Å². The average Bonchev–Trinajstić information content (AvgIpc) is 3.47. The summed E-state index contributed by atoms with van der Waals surface area (Å²) in [5, 5.41) is 0. The minimum Gasteiger partial charge on any atom is -0.382 e. The summed E-state index contributed by atoms with van der Waals surface area (Å²) in [6.45, 7) is 32.9. The molecule has 4 aromatic carbocycles. The van der Waals surface area contributed by atoms with Gasteiger partial charge < -0.3 is 16.0 Å². The molecule has 0 bridgehead atoms. The van der Waals surface area contributed by atoms with Gasteiger partial charge in [-0.05, 0) is 81.5 Å². The van der Waals surface area contributed by atoms with Crippen LogP contribution in [0, 0.1) is 36.1 Å². The molecule has 0 amide bonds. The minimum absolute atomic E-state index is 0. The van der Waals surface area contributed by atoms with Crippen molar-refractivity contribution in [3.63, 3.8) is 0 Å². The molecule has 0 aliphatic heterocycles. The van der Waals surface area contributed by atoms with Crippen LogP contribution in [-0.4, -0.2) is 40.6 Å². The van der Waals surface area contributed by atoms with Crippen molar-refractivity contribution < 1.29 is 132 Å². The summed E-state index contributed by atoms with van der Waals surface area (Å²) in [5.41, 5.74) is -30.2. The van der Waals surface area contributed by atoms with Gasteiger partial charge in [-0.2, -0.15) is 127 Å². The Morgan fingerprint density at radius 1 is 0.301 bits per heavy atom. The third kappa shape index (κ3) is 22.9. The Morgan fingerprint density at radius 3 is 0.482 bits per heavy atom. The van der Waals surface area contributed by atoms with E-state index in [2.05, 4.69) is 60.8 Å². The average molecular weight is 1290 g/mol. The normalized spacial score (nSPS) is 15.0. The van der Waals surface area contributed by atoms with E-state index in [0.717, 1.165) is 26.4 Å². The summed E-state index contributed by atoms with van der Waals surface area (Å²) in [5.74, 6) is 7.34. The van der Waals surface area contributed by atoms with E-state index < -0.39 is 203 Å². The molecule has 0 unspecified atom stereocenters. The summed E-state index contributed by atoms with van der Waals surface area (Å²) >= 11 is 0. The number of ether oxygens (including phenoxy) is 2. The first-order chi connectivity index (χ1) is 36.6. The van der Waals surface area contributed by atoms with Crippen molar-refractivity contribution in [1.82, 2.24) is 0 Å². The predicted octanol–water partition coefficient (Wildman–Crippen LogP) is 18.0. The van der Waals surface area contributed by atoms with E-state index in [1.54, 1.807) is 0 Å². The second kappa shape index (κ2) is 29.6. The van der Waals surface area contributed by atoms with Gasteiger partial charge in [-0.1, -0.05) is 103 Å². The molecule has 5 rings (SSSR count). The van der Waals surface area contributed by atoms with Gasteiger partial charge in [0.25, 0.3) is 0 Å². The molecule has 0 aromatic heterocycles. The topological polar surface area (TPSA) is 18.5 Å². The maximum atomic E-state index is 14.2. The van der Waals surface area contributed by atoms with Crippen LogP contribution >= 0.6 is 0 Å². The van der Waals surface area contributed by atoms with Crippen LogP contribution in [0.25, 0.3) is 0 Å². The molecule has 1 aliphatic carbocycles. The van der Waals surface area contributed by atoms with Crippen LogP contribution in [0.2, 0.25) is 19.6 Å². The molecule has 0 N–H and O–H groups in total. The van der Waals surface area contributed by atoms with Crippen molar-refractivity contribution in [3.05, 3.63) is 153 Å². The van der Waals surface area contributed by atoms with Crippen molar-refractivity contribution in [2.75, 3.05) is 26.4 Å². The zero-order chi connectivity index (χ0) is 64.5. The second-order valence-electron chi connectivity index (χ2n) is 19.5. The largest absolute Gasteiger partial charge is 3.00 e. The number of halogens is 24. The standard InChI is InChI=1S/C32H12BF24.C10H15.2C4H10O.C4H11Si.Cr/c34-25(35,36)13-1-14(26(37,38)39)6-21(5-13)33(22-7-15(27(40,41)42)2-16(8-22)28(43,44)45,23-9-17(29(46,47)48)3-18(10-23)30(49,50)51)24-11-19(31(52,53)54)4-20(12-24)32(55,56)57;1-6-7(2)9(4)10(5)8(6)3;2*1-3-5-4-2;1-5(2,3)4;/h1-12H;1-5H3;2*3-4H2,1-2H3;1H2,2-4H3;/q-1;;;;-1;+3. The quantitative estimate of drug-likeness (QED) is 0.0994. The monoisotopic (exact) mass is 1290 g/mol. The first kappa shape index (κ1) is 78.9.